The van der Waals surface area contributed by atoms with Crippen LogP contribution in [0.3, 0.4) is 0 Å². The fourth-order valence-electron chi connectivity index (χ4n) is 2.19. The first-order chi connectivity index (χ1) is 9.63. The first kappa shape index (κ1) is 16.3. The number of nitro groups is 1. The van der Waals surface area contributed by atoms with Crippen molar-refractivity contribution in [3.63, 3.8) is 0 Å². The standard InChI is InChI=1S/C12H15BrN2O5S/c1-12(16)4-6-14(7-5-12)21(19,20)11-8-9(13)2-3-10(11)15(17)18/h2-3,8,16H,4-7H2,1H3. The van der Waals surface area contributed by atoms with Crippen LogP contribution in [0.1, 0.15) is 19.8 Å². The summed E-state index contributed by atoms with van der Waals surface area (Å²) in [6, 6.07) is 3.83. The molecule has 1 aliphatic rings. The van der Waals surface area contributed by atoms with Gasteiger partial charge in [-0.2, -0.15) is 4.31 Å². The SMILES string of the molecule is CC1(O)CCN(S(=O)(=O)c2cc(Br)ccc2[N+](=O)[O-])CC1. The Balaban J connectivity index is 2.41. The van der Waals surface area contributed by atoms with E-state index in [2.05, 4.69) is 15.9 Å². The summed E-state index contributed by atoms with van der Waals surface area (Å²) in [4.78, 5) is 9.99. The number of benzene rings is 1. The third-order valence-electron chi connectivity index (χ3n) is 3.54. The monoisotopic (exact) mass is 378 g/mol. The Kier molecular flexibility index (Phi) is 4.39. The molecule has 0 bridgehead atoms. The van der Waals surface area contributed by atoms with Crippen LogP contribution in [0.15, 0.2) is 27.6 Å². The van der Waals surface area contributed by atoms with E-state index in [1.165, 1.54) is 16.4 Å². The van der Waals surface area contributed by atoms with Crippen molar-refractivity contribution in [2.45, 2.75) is 30.3 Å². The highest BCUT2D eigenvalue weighted by Gasteiger charge is 2.37. The summed E-state index contributed by atoms with van der Waals surface area (Å²) in [5, 5.41) is 20.9. The van der Waals surface area contributed by atoms with Crippen LogP contribution in [-0.4, -0.2) is 41.4 Å². The number of aliphatic hydroxyl groups is 1. The minimum atomic E-state index is -3.96. The molecule has 1 fully saturated rings. The van der Waals surface area contributed by atoms with Crippen molar-refractivity contribution in [2.24, 2.45) is 0 Å². The zero-order chi connectivity index (χ0) is 15.8. The molecule has 1 aromatic carbocycles. The lowest BCUT2D eigenvalue weighted by atomic mass is 9.95. The van der Waals surface area contributed by atoms with Crippen molar-refractivity contribution in [3.8, 4) is 0 Å². The van der Waals surface area contributed by atoms with Crippen LogP contribution in [0.5, 0.6) is 0 Å². The van der Waals surface area contributed by atoms with Gasteiger partial charge in [0.2, 0.25) is 10.0 Å². The van der Waals surface area contributed by atoms with Gasteiger partial charge < -0.3 is 5.11 Å². The van der Waals surface area contributed by atoms with Crippen LogP contribution in [-0.2, 0) is 10.0 Å². The summed E-state index contributed by atoms with van der Waals surface area (Å²) in [5.74, 6) is 0. The molecule has 0 amide bonds. The largest absolute Gasteiger partial charge is 0.390 e. The molecule has 0 aromatic heterocycles. The highest BCUT2D eigenvalue weighted by Crippen LogP contribution is 2.32. The molecule has 0 saturated carbocycles. The van der Waals surface area contributed by atoms with Gasteiger partial charge in [0.25, 0.3) is 5.69 Å². The minimum Gasteiger partial charge on any atom is -0.390 e. The summed E-state index contributed by atoms with van der Waals surface area (Å²) in [6.07, 6.45) is 0.599. The van der Waals surface area contributed by atoms with Gasteiger partial charge in [-0.15, -0.1) is 0 Å². The fraction of sp³-hybridized carbons (Fsp3) is 0.500. The molecular weight excluding hydrogens is 364 g/mol. The van der Waals surface area contributed by atoms with Crippen molar-refractivity contribution in [1.82, 2.24) is 4.31 Å². The Morgan fingerprint density at radius 2 is 1.95 bits per heavy atom. The Morgan fingerprint density at radius 3 is 2.48 bits per heavy atom. The van der Waals surface area contributed by atoms with Crippen LogP contribution >= 0.6 is 15.9 Å². The van der Waals surface area contributed by atoms with E-state index >= 15 is 0 Å². The number of hydrogen-bond donors (Lipinski definition) is 1. The summed E-state index contributed by atoms with van der Waals surface area (Å²) < 4.78 is 26.8. The van der Waals surface area contributed by atoms with Crippen molar-refractivity contribution in [1.29, 1.82) is 0 Å². The number of rotatable bonds is 3. The van der Waals surface area contributed by atoms with Gasteiger partial charge in [0, 0.05) is 23.6 Å². The van der Waals surface area contributed by atoms with Gasteiger partial charge in [0.1, 0.15) is 0 Å². The van der Waals surface area contributed by atoms with Gasteiger partial charge in [-0.05, 0) is 31.9 Å². The molecule has 9 heteroatoms. The number of nitrogens with zero attached hydrogens (tertiary/aromatic N) is 2. The van der Waals surface area contributed by atoms with Gasteiger partial charge in [-0.1, -0.05) is 15.9 Å². The molecule has 0 unspecified atom stereocenters. The first-order valence-electron chi connectivity index (χ1n) is 6.30. The summed E-state index contributed by atoms with van der Waals surface area (Å²) >= 11 is 3.13. The highest BCUT2D eigenvalue weighted by molar-refractivity contribution is 9.10. The molecule has 0 spiro atoms. The molecule has 0 radical (unpaired) electrons. The second kappa shape index (κ2) is 5.64. The molecular formula is C12H15BrN2O5S. The Hall–Kier alpha value is -1.03. The summed E-state index contributed by atoms with van der Waals surface area (Å²) in [5.41, 5.74) is -1.34. The second-order valence-corrected chi connectivity index (χ2v) is 8.09. The van der Waals surface area contributed by atoms with E-state index in [4.69, 9.17) is 0 Å². The average molecular weight is 379 g/mol. The normalized spacial score (nSPS) is 19.4. The smallest absolute Gasteiger partial charge is 0.289 e. The highest BCUT2D eigenvalue weighted by atomic mass is 79.9. The minimum absolute atomic E-state index is 0.138. The number of halogens is 1. The molecule has 116 valence electrons. The van der Waals surface area contributed by atoms with E-state index in [0.29, 0.717) is 17.3 Å². The van der Waals surface area contributed by atoms with E-state index in [1.54, 1.807) is 6.92 Å². The van der Waals surface area contributed by atoms with Crippen LogP contribution < -0.4 is 0 Å². The number of hydrogen-bond acceptors (Lipinski definition) is 5. The van der Waals surface area contributed by atoms with E-state index < -0.39 is 26.2 Å². The summed E-state index contributed by atoms with van der Waals surface area (Å²) in [7, 11) is -3.96. The van der Waals surface area contributed by atoms with Crippen LogP contribution in [0.2, 0.25) is 0 Å². The van der Waals surface area contributed by atoms with Crippen LogP contribution in [0.4, 0.5) is 5.69 Å². The van der Waals surface area contributed by atoms with Crippen molar-refractivity contribution in [2.75, 3.05) is 13.1 Å². The molecule has 1 saturated heterocycles. The Labute approximate surface area is 130 Å². The van der Waals surface area contributed by atoms with Gasteiger partial charge >= 0.3 is 0 Å². The maximum atomic E-state index is 12.6. The Bertz CT molecular complexity index is 664. The molecule has 0 atom stereocenters. The van der Waals surface area contributed by atoms with Gasteiger partial charge in [-0.3, -0.25) is 10.1 Å². The molecule has 1 aliphatic heterocycles. The third-order valence-corrected chi connectivity index (χ3v) is 5.96. The molecule has 1 heterocycles. The fourth-order valence-corrected chi connectivity index (χ4v) is 4.33. The van der Waals surface area contributed by atoms with Crippen molar-refractivity contribution in [3.05, 3.63) is 32.8 Å². The van der Waals surface area contributed by atoms with E-state index in [1.807, 2.05) is 0 Å². The molecule has 1 aromatic rings. The van der Waals surface area contributed by atoms with Crippen LogP contribution in [0.25, 0.3) is 0 Å². The maximum absolute atomic E-state index is 12.6. The predicted molar refractivity (Wildman–Crippen MR) is 79.4 cm³/mol. The van der Waals surface area contributed by atoms with Gasteiger partial charge in [0.05, 0.1) is 10.5 Å². The number of nitro benzene ring substituents is 1. The third kappa shape index (κ3) is 3.42. The van der Waals surface area contributed by atoms with E-state index in [0.717, 1.165) is 6.07 Å². The zero-order valence-electron chi connectivity index (χ0n) is 11.3. The second-order valence-electron chi connectivity index (χ2n) is 5.27. The lowest BCUT2D eigenvalue weighted by Gasteiger charge is -2.34. The molecule has 7 nitrogen and oxygen atoms in total. The predicted octanol–water partition coefficient (Wildman–Crippen LogP) is 1.89. The first-order valence-corrected chi connectivity index (χ1v) is 8.53. The number of piperidine rings is 1. The average Bonchev–Trinajstić information content (AvgIpc) is 2.37. The molecule has 2 rings (SSSR count). The van der Waals surface area contributed by atoms with Crippen LogP contribution in [0, 0.1) is 10.1 Å². The van der Waals surface area contributed by atoms with Gasteiger partial charge in [0.15, 0.2) is 4.90 Å². The maximum Gasteiger partial charge on any atom is 0.289 e. The van der Waals surface area contributed by atoms with Crippen molar-refractivity contribution >= 4 is 31.6 Å². The van der Waals surface area contributed by atoms with Gasteiger partial charge in [-0.25, -0.2) is 8.42 Å². The Morgan fingerprint density at radius 1 is 1.38 bits per heavy atom. The molecule has 0 aliphatic carbocycles. The summed E-state index contributed by atoms with van der Waals surface area (Å²) in [6.45, 7) is 1.93. The lowest BCUT2D eigenvalue weighted by molar-refractivity contribution is -0.387. The molecule has 1 N–H and O–H groups in total. The quantitative estimate of drug-likeness (QED) is 0.639. The van der Waals surface area contributed by atoms with Crippen molar-refractivity contribution < 1.29 is 18.4 Å². The van der Waals surface area contributed by atoms with E-state index in [9.17, 15) is 23.6 Å². The van der Waals surface area contributed by atoms with E-state index in [-0.39, 0.29) is 18.0 Å². The molecule has 21 heavy (non-hydrogen) atoms. The topological polar surface area (TPSA) is 101 Å². The number of sulfonamides is 1. The zero-order valence-corrected chi connectivity index (χ0v) is 13.7. The lowest BCUT2D eigenvalue weighted by Crippen LogP contribution is -2.45.